The fourth-order valence-electron chi connectivity index (χ4n) is 2.06. The summed E-state index contributed by atoms with van der Waals surface area (Å²) < 4.78 is 10.8. The van der Waals surface area contributed by atoms with Crippen LogP contribution in [0.25, 0.3) is 0 Å². The summed E-state index contributed by atoms with van der Waals surface area (Å²) in [5, 5.41) is 3.60. The highest BCUT2D eigenvalue weighted by Gasteiger charge is 2.23. The van der Waals surface area contributed by atoms with Gasteiger partial charge in [-0.05, 0) is 50.4 Å². The van der Waals surface area contributed by atoms with E-state index in [0.29, 0.717) is 6.79 Å². The lowest BCUT2D eigenvalue weighted by Crippen LogP contribution is -2.37. The van der Waals surface area contributed by atoms with Crippen LogP contribution in [-0.4, -0.2) is 13.3 Å². The molecule has 1 N–H and O–H groups in total. The maximum absolute atomic E-state index is 5.43. The Hall–Kier alpha value is -1.22. The molecule has 1 aromatic carbocycles. The molecule has 3 heteroatoms. The Kier molecular flexibility index (Phi) is 3.81. The smallest absolute Gasteiger partial charge is 0.231 e. The molecule has 0 atom stereocenters. The molecular weight excluding hydrogens is 226 g/mol. The third kappa shape index (κ3) is 2.96. The molecule has 2 rings (SSSR count). The Balaban J connectivity index is 2.04. The van der Waals surface area contributed by atoms with E-state index in [1.165, 1.54) is 12.0 Å². The highest BCUT2D eigenvalue weighted by Crippen LogP contribution is 2.35. The van der Waals surface area contributed by atoms with E-state index in [9.17, 15) is 0 Å². The zero-order chi connectivity index (χ0) is 13.2. The van der Waals surface area contributed by atoms with E-state index in [1.807, 2.05) is 6.07 Å². The van der Waals surface area contributed by atoms with Crippen molar-refractivity contribution in [1.82, 2.24) is 5.32 Å². The van der Waals surface area contributed by atoms with Crippen LogP contribution in [0.15, 0.2) is 18.2 Å². The van der Waals surface area contributed by atoms with Gasteiger partial charge in [0, 0.05) is 5.54 Å². The Morgan fingerprint density at radius 1 is 1.22 bits per heavy atom. The first-order valence-electron chi connectivity index (χ1n) is 6.64. The quantitative estimate of drug-likeness (QED) is 0.868. The van der Waals surface area contributed by atoms with Gasteiger partial charge in [0.15, 0.2) is 11.5 Å². The first-order chi connectivity index (χ1) is 8.49. The molecule has 0 radical (unpaired) electrons. The minimum Gasteiger partial charge on any atom is -0.454 e. The average molecular weight is 249 g/mol. The van der Waals surface area contributed by atoms with E-state index >= 15 is 0 Å². The highest BCUT2D eigenvalue weighted by atomic mass is 16.7. The van der Waals surface area contributed by atoms with Crippen molar-refractivity contribution in [3.63, 3.8) is 0 Å². The van der Waals surface area contributed by atoms with Crippen molar-refractivity contribution in [2.45, 2.75) is 39.7 Å². The Morgan fingerprint density at radius 3 is 2.67 bits per heavy atom. The molecular formula is C15H23NO2. The van der Waals surface area contributed by atoms with Crippen LogP contribution < -0.4 is 14.8 Å². The summed E-state index contributed by atoms with van der Waals surface area (Å²) in [4.78, 5) is 0. The van der Waals surface area contributed by atoms with E-state index in [1.54, 1.807) is 0 Å². The molecule has 0 aliphatic carbocycles. The Morgan fingerprint density at radius 2 is 1.94 bits per heavy atom. The predicted octanol–water partition coefficient (Wildman–Crippen LogP) is 3.29. The van der Waals surface area contributed by atoms with Crippen LogP contribution in [0.4, 0.5) is 0 Å². The summed E-state index contributed by atoms with van der Waals surface area (Å²) in [7, 11) is 0. The normalized spacial score (nSPS) is 14.3. The SMILES string of the molecule is CC(C)CCNC(C)(C)c1ccc2c(c1)OCO2. The lowest BCUT2D eigenvalue weighted by atomic mass is 9.93. The zero-order valence-electron chi connectivity index (χ0n) is 11.7. The van der Waals surface area contributed by atoms with E-state index in [2.05, 4.69) is 45.1 Å². The van der Waals surface area contributed by atoms with Crippen LogP contribution in [0, 0.1) is 5.92 Å². The van der Waals surface area contributed by atoms with Crippen molar-refractivity contribution in [3.8, 4) is 11.5 Å². The summed E-state index contributed by atoms with van der Waals surface area (Å²) in [6, 6.07) is 6.17. The first kappa shape index (κ1) is 13.2. The van der Waals surface area contributed by atoms with Gasteiger partial charge < -0.3 is 14.8 Å². The molecule has 0 saturated heterocycles. The predicted molar refractivity (Wildman–Crippen MR) is 73.0 cm³/mol. The number of nitrogens with one attached hydrogen (secondary N) is 1. The topological polar surface area (TPSA) is 30.5 Å². The Bertz CT molecular complexity index is 413. The van der Waals surface area contributed by atoms with Gasteiger partial charge in [-0.15, -0.1) is 0 Å². The van der Waals surface area contributed by atoms with Gasteiger partial charge in [-0.25, -0.2) is 0 Å². The molecule has 0 amide bonds. The second-order valence-electron chi connectivity index (χ2n) is 5.80. The van der Waals surface area contributed by atoms with E-state index in [0.717, 1.165) is 24.0 Å². The average Bonchev–Trinajstić information content (AvgIpc) is 2.74. The van der Waals surface area contributed by atoms with Gasteiger partial charge in [0.2, 0.25) is 6.79 Å². The van der Waals surface area contributed by atoms with Crippen molar-refractivity contribution >= 4 is 0 Å². The fraction of sp³-hybridized carbons (Fsp3) is 0.600. The minimum absolute atomic E-state index is 0.0458. The van der Waals surface area contributed by atoms with Gasteiger partial charge in [-0.2, -0.15) is 0 Å². The molecule has 18 heavy (non-hydrogen) atoms. The number of ether oxygens (including phenoxy) is 2. The van der Waals surface area contributed by atoms with Gasteiger partial charge in [0.1, 0.15) is 0 Å². The van der Waals surface area contributed by atoms with Crippen molar-refractivity contribution in [1.29, 1.82) is 0 Å². The zero-order valence-corrected chi connectivity index (χ0v) is 11.7. The molecule has 0 saturated carbocycles. The molecule has 0 spiro atoms. The van der Waals surface area contributed by atoms with Crippen LogP contribution in [0.2, 0.25) is 0 Å². The molecule has 0 unspecified atom stereocenters. The van der Waals surface area contributed by atoms with E-state index in [-0.39, 0.29) is 5.54 Å². The molecule has 1 aromatic rings. The number of benzene rings is 1. The number of hydrogen-bond acceptors (Lipinski definition) is 3. The molecule has 3 nitrogen and oxygen atoms in total. The number of fused-ring (bicyclic) bond motifs is 1. The monoisotopic (exact) mass is 249 g/mol. The molecule has 1 aliphatic heterocycles. The molecule has 0 aromatic heterocycles. The molecule has 0 bridgehead atoms. The van der Waals surface area contributed by atoms with Gasteiger partial charge in [0.05, 0.1) is 0 Å². The summed E-state index contributed by atoms with van der Waals surface area (Å²) in [5.74, 6) is 2.42. The third-order valence-electron chi connectivity index (χ3n) is 3.38. The molecule has 1 aliphatic rings. The van der Waals surface area contributed by atoms with Crippen LogP contribution in [0.5, 0.6) is 11.5 Å². The van der Waals surface area contributed by atoms with Gasteiger partial charge in [0.25, 0.3) is 0 Å². The fourth-order valence-corrected chi connectivity index (χ4v) is 2.06. The highest BCUT2D eigenvalue weighted by molar-refractivity contribution is 5.46. The molecule has 1 heterocycles. The molecule has 100 valence electrons. The van der Waals surface area contributed by atoms with Crippen molar-refractivity contribution in [2.24, 2.45) is 5.92 Å². The second-order valence-corrected chi connectivity index (χ2v) is 5.80. The number of hydrogen-bond donors (Lipinski definition) is 1. The minimum atomic E-state index is -0.0458. The summed E-state index contributed by atoms with van der Waals surface area (Å²) in [6.45, 7) is 10.2. The largest absolute Gasteiger partial charge is 0.454 e. The lowest BCUT2D eigenvalue weighted by molar-refractivity contribution is 0.174. The van der Waals surface area contributed by atoms with Crippen LogP contribution >= 0.6 is 0 Å². The standard InChI is InChI=1S/C15H23NO2/c1-11(2)7-8-16-15(3,4)12-5-6-13-14(9-12)18-10-17-13/h5-6,9,11,16H,7-8,10H2,1-4H3. The van der Waals surface area contributed by atoms with Crippen LogP contribution in [0.1, 0.15) is 39.7 Å². The third-order valence-corrected chi connectivity index (χ3v) is 3.38. The van der Waals surface area contributed by atoms with Gasteiger partial charge in [-0.3, -0.25) is 0 Å². The maximum atomic E-state index is 5.43. The van der Waals surface area contributed by atoms with Gasteiger partial charge in [-0.1, -0.05) is 19.9 Å². The van der Waals surface area contributed by atoms with Crippen molar-refractivity contribution < 1.29 is 9.47 Å². The maximum Gasteiger partial charge on any atom is 0.231 e. The lowest BCUT2D eigenvalue weighted by Gasteiger charge is -2.27. The van der Waals surface area contributed by atoms with Crippen LogP contribution in [0.3, 0.4) is 0 Å². The second kappa shape index (κ2) is 5.19. The number of rotatable bonds is 5. The summed E-state index contributed by atoms with van der Waals surface area (Å²) in [5.41, 5.74) is 1.19. The van der Waals surface area contributed by atoms with E-state index < -0.39 is 0 Å². The molecule has 0 fully saturated rings. The van der Waals surface area contributed by atoms with Gasteiger partial charge >= 0.3 is 0 Å². The summed E-state index contributed by atoms with van der Waals surface area (Å²) in [6.07, 6.45) is 1.19. The van der Waals surface area contributed by atoms with Crippen molar-refractivity contribution in [3.05, 3.63) is 23.8 Å². The Labute approximate surface area is 109 Å². The van der Waals surface area contributed by atoms with Crippen molar-refractivity contribution in [2.75, 3.05) is 13.3 Å². The summed E-state index contributed by atoms with van der Waals surface area (Å²) >= 11 is 0. The van der Waals surface area contributed by atoms with E-state index in [4.69, 9.17) is 9.47 Å². The first-order valence-corrected chi connectivity index (χ1v) is 6.64. The van der Waals surface area contributed by atoms with Crippen LogP contribution in [-0.2, 0) is 5.54 Å².